The number of hydrogen-bond donors (Lipinski definition) is 2. The van der Waals surface area contributed by atoms with Crippen LogP contribution in [0.25, 0.3) is 0 Å². The third-order valence-electron chi connectivity index (χ3n) is 4.46. The lowest BCUT2D eigenvalue weighted by molar-refractivity contribution is 0.0242. The summed E-state index contributed by atoms with van der Waals surface area (Å²) in [4.78, 5) is 4.26. The van der Waals surface area contributed by atoms with Crippen LogP contribution < -0.4 is 10.6 Å². The van der Waals surface area contributed by atoms with Crippen molar-refractivity contribution in [1.82, 2.24) is 10.6 Å². The van der Waals surface area contributed by atoms with Crippen molar-refractivity contribution in [2.75, 3.05) is 26.7 Å². The molecule has 2 N–H and O–H groups in total. The van der Waals surface area contributed by atoms with Crippen LogP contribution in [0.5, 0.6) is 0 Å². The molecule has 0 aromatic heterocycles. The normalized spacial score (nSPS) is 21.3. The Morgan fingerprint density at radius 3 is 2.71 bits per heavy atom. The van der Waals surface area contributed by atoms with Crippen LogP contribution in [0, 0.1) is 5.82 Å². The maximum Gasteiger partial charge on any atom is 0.191 e. The Labute approximate surface area is 161 Å². The summed E-state index contributed by atoms with van der Waals surface area (Å²) in [6.45, 7) is 8.52. The van der Waals surface area contributed by atoms with Crippen LogP contribution in [-0.4, -0.2) is 38.3 Å². The molecule has 24 heavy (non-hydrogen) atoms. The van der Waals surface area contributed by atoms with Crippen molar-refractivity contribution in [2.45, 2.75) is 44.6 Å². The first-order valence-corrected chi connectivity index (χ1v) is 8.19. The molecule has 1 atom stereocenters. The molecule has 1 aromatic carbocycles. The van der Waals surface area contributed by atoms with E-state index < -0.39 is 0 Å². The molecule has 0 saturated carbocycles. The van der Waals surface area contributed by atoms with Gasteiger partial charge < -0.3 is 15.4 Å². The molecule has 0 radical (unpaired) electrons. The molecule has 0 aliphatic carbocycles. The molecule has 0 bridgehead atoms. The predicted octanol–water partition coefficient (Wildman–Crippen LogP) is 3.46. The zero-order chi connectivity index (χ0) is 16.9. The van der Waals surface area contributed by atoms with Crippen molar-refractivity contribution < 1.29 is 9.13 Å². The van der Waals surface area contributed by atoms with E-state index in [1.54, 1.807) is 19.2 Å². The molecule has 136 valence electrons. The summed E-state index contributed by atoms with van der Waals surface area (Å²) in [6, 6.07) is 6.76. The van der Waals surface area contributed by atoms with E-state index in [0.717, 1.165) is 37.5 Å². The highest BCUT2D eigenvalue weighted by Crippen LogP contribution is 2.24. The smallest absolute Gasteiger partial charge is 0.191 e. The first-order chi connectivity index (χ1) is 10.8. The van der Waals surface area contributed by atoms with Gasteiger partial charge in [0.2, 0.25) is 0 Å². The van der Waals surface area contributed by atoms with Crippen LogP contribution in [0.3, 0.4) is 0 Å². The highest BCUT2D eigenvalue weighted by Gasteiger charge is 2.30. The van der Waals surface area contributed by atoms with Crippen molar-refractivity contribution in [2.24, 2.45) is 4.99 Å². The first kappa shape index (κ1) is 21.2. The van der Waals surface area contributed by atoms with Gasteiger partial charge in [0.25, 0.3) is 0 Å². The van der Waals surface area contributed by atoms with Gasteiger partial charge in [0.1, 0.15) is 5.82 Å². The van der Waals surface area contributed by atoms with Crippen molar-refractivity contribution in [3.8, 4) is 0 Å². The molecule has 1 unspecified atom stereocenters. The molecular weight excluding hydrogens is 420 g/mol. The lowest BCUT2D eigenvalue weighted by Crippen LogP contribution is -2.48. The number of rotatable bonds is 5. The summed E-state index contributed by atoms with van der Waals surface area (Å²) in [5.74, 6) is 0.538. The number of nitrogens with zero attached hydrogens (tertiary/aromatic N) is 1. The Bertz CT molecular complexity index is 557. The monoisotopic (exact) mass is 449 g/mol. The van der Waals surface area contributed by atoms with Gasteiger partial charge in [-0.3, -0.25) is 4.99 Å². The van der Waals surface area contributed by atoms with Gasteiger partial charge in [-0.15, -0.1) is 24.0 Å². The van der Waals surface area contributed by atoms with E-state index in [4.69, 9.17) is 4.74 Å². The first-order valence-electron chi connectivity index (χ1n) is 8.19. The second-order valence-electron chi connectivity index (χ2n) is 7.08. The number of guanidine groups is 1. The van der Waals surface area contributed by atoms with Gasteiger partial charge in [-0.2, -0.15) is 0 Å². The second-order valence-corrected chi connectivity index (χ2v) is 7.08. The van der Waals surface area contributed by atoms with Crippen LogP contribution in [-0.2, 0) is 10.2 Å². The highest BCUT2D eigenvalue weighted by molar-refractivity contribution is 14.0. The number of nitrogens with one attached hydrogen (secondary N) is 2. The minimum Gasteiger partial charge on any atom is -0.373 e. The number of halogens is 2. The average molecular weight is 449 g/mol. The summed E-state index contributed by atoms with van der Waals surface area (Å²) >= 11 is 0. The fourth-order valence-corrected chi connectivity index (χ4v) is 2.78. The van der Waals surface area contributed by atoms with Gasteiger partial charge in [0.15, 0.2) is 5.96 Å². The lowest BCUT2D eigenvalue weighted by Gasteiger charge is -2.28. The molecule has 4 nitrogen and oxygen atoms in total. The Morgan fingerprint density at radius 2 is 2.12 bits per heavy atom. The molecular formula is C18H29FIN3O. The fourth-order valence-electron chi connectivity index (χ4n) is 2.78. The molecule has 1 saturated heterocycles. The van der Waals surface area contributed by atoms with Gasteiger partial charge in [0, 0.05) is 32.2 Å². The molecule has 1 aliphatic heterocycles. The Morgan fingerprint density at radius 1 is 1.38 bits per heavy atom. The van der Waals surface area contributed by atoms with Gasteiger partial charge in [-0.1, -0.05) is 26.0 Å². The largest absolute Gasteiger partial charge is 0.373 e. The van der Waals surface area contributed by atoms with Crippen LogP contribution in [0.4, 0.5) is 4.39 Å². The summed E-state index contributed by atoms with van der Waals surface area (Å²) in [6.07, 6.45) is 2.17. The average Bonchev–Trinajstić information content (AvgIpc) is 2.94. The molecule has 1 aliphatic rings. The molecule has 1 heterocycles. The minimum absolute atomic E-state index is 0. The molecule has 1 fully saturated rings. The Kier molecular flexibility index (Phi) is 7.92. The van der Waals surface area contributed by atoms with Crippen molar-refractivity contribution in [3.63, 3.8) is 0 Å². The highest BCUT2D eigenvalue weighted by atomic mass is 127. The van der Waals surface area contributed by atoms with Gasteiger partial charge >= 0.3 is 0 Å². The molecule has 1 aromatic rings. The van der Waals surface area contributed by atoms with Gasteiger partial charge in [-0.25, -0.2) is 4.39 Å². The van der Waals surface area contributed by atoms with E-state index >= 15 is 0 Å². The third-order valence-corrected chi connectivity index (χ3v) is 4.46. The van der Waals surface area contributed by atoms with Crippen LogP contribution >= 0.6 is 24.0 Å². The van der Waals surface area contributed by atoms with Crippen LogP contribution in [0.15, 0.2) is 29.3 Å². The zero-order valence-corrected chi connectivity index (χ0v) is 17.3. The van der Waals surface area contributed by atoms with Crippen LogP contribution in [0.1, 0.15) is 39.2 Å². The van der Waals surface area contributed by atoms with Crippen LogP contribution in [0.2, 0.25) is 0 Å². The summed E-state index contributed by atoms with van der Waals surface area (Å²) in [7, 11) is 1.75. The topological polar surface area (TPSA) is 45.7 Å². The number of benzene rings is 1. The van der Waals surface area contributed by atoms with Crippen molar-refractivity contribution in [1.29, 1.82) is 0 Å². The zero-order valence-electron chi connectivity index (χ0n) is 15.0. The second kappa shape index (κ2) is 8.99. The maximum atomic E-state index is 13.4. The summed E-state index contributed by atoms with van der Waals surface area (Å²) in [5.41, 5.74) is 0.648. The van der Waals surface area contributed by atoms with E-state index in [-0.39, 0.29) is 40.8 Å². The predicted molar refractivity (Wildman–Crippen MR) is 108 cm³/mol. The standard InChI is InChI=1S/C18H28FN3O.HI/c1-17(2,14-7-5-8-15(19)11-14)12-21-16(20-4)22-13-18(3)9-6-10-23-18;/h5,7-8,11H,6,9-10,12-13H2,1-4H3,(H2,20,21,22);1H. The fraction of sp³-hybridized carbons (Fsp3) is 0.611. The van der Waals surface area contributed by atoms with E-state index in [2.05, 4.69) is 36.4 Å². The quantitative estimate of drug-likeness (QED) is 0.411. The third kappa shape index (κ3) is 5.88. The summed E-state index contributed by atoms with van der Waals surface area (Å²) in [5, 5.41) is 6.66. The maximum absolute atomic E-state index is 13.4. The SMILES string of the molecule is CN=C(NCC1(C)CCCO1)NCC(C)(C)c1cccc(F)c1.I. The molecule has 6 heteroatoms. The number of aliphatic imine (C=N–C) groups is 1. The van der Waals surface area contributed by atoms with E-state index in [1.807, 2.05) is 6.07 Å². The molecule has 2 rings (SSSR count). The van der Waals surface area contributed by atoms with Gasteiger partial charge in [0.05, 0.1) is 5.60 Å². The van der Waals surface area contributed by atoms with E-state index in [0.29, 0.717) is 6.54 Å². The molecule has 0 amide bonds. The number of hydrogen-bond acceptors (Lipinski definition) is 2. The lowest BCUT2D eigenvalue weighted by atomic mass is 9.84. The molecule has 0 spiro atoms. The Balaban J connectivity index is 0.00000288. The minimum atomic E-state index is -0.204. The Hall–Kier alpha value is -0.890. The van der Waals surface area contributed by atoms with E-state index in [1.165, 1.54) is 6.07 Å². The number of ether oxygens (including phenoxy) is 1. The summed E-state index contributed by atoms with van der Waals surface area (Å²) < 4.78 is 19.2. The van der Waals surface area contributed by atoms with E-state index in [9.17, 15) is 4.39 Å². The van der Waals surface area contributed by atoms with Crippen molar-refractivity contribution >= 4 is 29.9 Å². The van der Waals surface area contributed by atoms with Crippen molar-refractivity contribution in [3.05, 3.63) is 35.6 Å². The van der Waals surface area contributed by atoms with Gasteiger partial charge in [-0.05, 0) is 37.5 Å².